The minimum atomic E-state index is -0.558. The summed E-state index contributed by atoms with van der Waals surface area (Å²) >= 11 is 6.13. The Bertz CT molecular complexity index is 1190. The van der Waals surface area contributed by atoms with Crippen molar-refractivity contribution in [2.24, 2.45) is 0 Å². The number of rotatable bonds is 4. The highest BCUT2D eigenvalue weighted by Gasteiger charge is 2.34. The molecule has 0 bridgehead atoms. The van der Waals surface area contributed by atoms with E-state index in [1.165, 1.54) is 10.8 Å². The molecular formula is C21H17ClN4O3. The van der Waals surface area contributed by atoms with Gasteiger partial charge in [0.15, 0.2) is 0 Å². The van der Waals surface area contributed by atoms with E-state index in [1.54, 1.807) is 43.3 Å². The predicted molar refractivity (Wildman–Crippen MR) is 110 cm³/mol. The van der Waals surface area contributed by atoms with Gasteiger partial charge in [-0.15, -0.1) is 0 Å². The lowest BCUT2D eigenvalue weighted by atomic mass is 10.2. The van der Waals surface area contributed by atoms with E-state index in [0.717, 1.165) is 4.90 Å². The second-order valence-corrected chi connectivity index (χ2v) is 7.00. The average Bonchev–Trinajstić information content (AvgIpc) is 3.15. The summed E-state index contributed by atoms with van der Waals surface area (Å²) in [5, 5.41) is 6.00. The number of urea groups is 1. The summed E-state index contributed by atoms with van der Waals surface area (Å²) in [7, 11) is 0. The number of aryl methyl sites for hydroxylation is 1. The first-order valence-corrected chi connectivity index (χ1v) is 9.28. The highest BCUT2D eigenvalue weighted by atomic mass is 35.5. The van der Waals surface area contributed by atoms with E-state index in [2.05, 4.69) is 10.4 Å². The van der Waals surface area contributed by atoms with Crippen molar-refractivity contribution in [3.8, 4) is 5.69 Å². The Labute approximate surface area is 171 Å². The molecule has 0 radical (unpaired) electrons. The van der Waals surface area contributed by atoms with Gasteiger partial charge in [-0.05, 0) is 36.8 Å². The van der Waals surface area contributed by atoms with Crippen molar-refractivity contribution < 1.29 is 9.59 Å². The first kappa shape index (κ1) is 18.8. The van der Waals surface area contributed by atoms with Gasteiger partial charge >= 0.3 is 6.03 Å². The number of benzene rings is 2. The molecule has 3 amide bonds. The number of imide groups is 1. The van der Waals surface area contributed by atoms with Crippen molar-refractivity contribution in [1.29, 1.82) is 0 Å². The zero-order valence-corrected chi connectivity index (χ0v) is 16.2. The summed E-state index contributed by atoms with van der Waals surface area (Å²) in [5.41, 5.74) is 1.94. The Balaban J connectivity index is 1.65. The SMILES string of the molecule is Cc1[nH]n(-c2ccccc2)c(=O)c1/C=C1\NC(=O)N(Cc2ccccc2Cl)C1=O. The number of hydrogen-bond donors (Lipinski definition) is 2. The summed E-state index contributed by atoms with van der Waals surface area (Å²) in [6.07, 6.45) is 1.40. The molecule has 2 N–H and O–H groups in total. The smallest absolute Gasteiger partial charge is 0.303 e. The van der Waals surface area contributed by atoms with Gasteiger partial charge in [-0.2, -0.15) is 0 Å². The van der Waals surface area contributed by atoms with Crippen molar-refractivity contribution in [3.05, 3.63) is 92.5 Å². The van der Waals surface area contributed by atoms with Crippen LogP contribution in [0.15, 0.2) is 65.1 Å². The van der Waals surface area contributed by atoms with E-state index in [-0.39, 0.29) is 17.8 Å². The topological polar surface area (TPSA) is 87.2 Å². The van der Waals surface area contributed by atoms with Gasteiger partial charge < -0.3 is 5.32 Å². The van der Waals surface area contributed by atoms with Gasteiger partial charge in [0.1, 0.15) is 5.70 Å². The van der Waals surface area contributed by atoms with Crippen LogP contribution in [-0.4, -0.2) is 26.6 Å². The minimum Gasteiger partial charge on any atom is -0.303 e. The molecule has 0 atom stereocenters. The maximum Gasteiger partial charge on any atom is 0.329 e. The van der Waals surface area contributed by atoms with Gasteiger partial charge in [-0.1, -0.05) is 48.0 Å². The van der Waals surface area contributed by atoms with Crippen LogP contribution in [0.2, 0.25) is 5.02 Å². The second-order valence-electron chi connectivity index (χ2n) is 6.60. The molecule has 2 heterocycles. The van der Waals surface area contributed by atoms with Crippen molar-refractivity contribution in [2.75, 3.05) is 0 Å². The number of para-hydroxylation sites is 1. The number of nitrogens with one attached hydrogen (secondary N) is 2. The maximum absolute atomic E-state index is 12.8. The molecule has 0 spiro atoms. The molecule has 0 aliphatic carbocycles. The summed E-state index contributed by atoms with van der Waals surface area (Å²) in [4.78, 5) is 38.9. The number of carbonyl (C=O) groups is 2. The van der Waals surface area contributed by atoms with E-state index < -0.39 is 11.9 Å². The fraction of sp³-hybridized carbons (Fsp3) is 0.0952. The molecule has 7 nitrogen and oxygen atoms in total. The first-order chi connectivity index (χ1) is 14.0. The molecule has 0 saturated carbocycles. The van der Waals surface area contributed by atoms with Crippen molar-refractivity contribution in [3.63, 3.8) is 0 Å². The number of hydrogen-bond acceptors (Lipinski definition) is 3. The van der Waals surface area contributed by atoms with E-state index >= 15 is 0 Å². The Morgan fingerprint density at radius 1 is 1.00 bits per heavy atom. The van der Waals surface area contributed by atoms with Gasteiger partial charge in [0, 0.05) is 10.7 Å². The largest absolute Gasteiger partial charge is 0.329 e. The summed E-state index contributed by atoms with van der Waals surface area (Å²) in [5.74, 6) is -0.513. The van der Waals surface area contributed by atoms with Crippen LogP contribution in [0.4, 0.5) is 4.79 Å². The fourth-order valence-corrected chi connectivity index (χ4v) is 3.34. The van der Waals surface area contributed by atoms with Gasteiger partial charge in [0.05, 0.1) is 17.8 Å². The summed E-state index contributed by atoms with van der Waals surface area (Å²) < 4.78 is 1.39. The van der Waals surface area contributed by atoms with Crippen LogP contribution in [0.3, 0.4) is 0 Å². The van der Waals surface area contributed by atoms with Crippen LogP contribution in [0.25, 0.3) is 11.8 Å². The summed E-state index contributed by atoms with van der Waals surface area (Å²) in [6.45, 7) is 1.78. The second kappa shape index (κ2) is 7.44. The number of halogens is 1. The predicted octanol–water partition coefficient (Wildman–Crippen LogP) is 3.22. The molecule has 1 aliphatic rings. The molecule has 1 aliphatic heterocycles. The molecule has 2 aromatic carbocycles. The third-order valence-corrected chi connectivity index (χ3v) is 5.04. The molecule has 146 valence electrons. The van der Waals surface area contributed by atoms with Crippen LogP contribution in [-0.2, 0) is 11.3 Å². The Hall–Kier alpha value is -3.58. The minimum absolute atomic E-state index is 0.0430. The molecule has 1 aromatic heterocycles. The number of nitrogens with zero attached hydrogens (tertiary/aromatic N) is 2. The molecule has 1 fully saturated rings. The number of carbonyl (C=O) groups excluding carboxylic acids is 2. The first-order valence-electron chi connectivity index (χ1n) is 8.90. The van der Waals surface area contributed by atoms with Gasteiger partial charge in [-0.3, -0.25) is 19.6 Å². The highest BCUT2D eigenvalue weighted by molar-refractivity contribution is 6.31. The Morgan fingerprint density at radius 3 is 2.41 bits per heavy atom. The molecule has 4 rings (SSSR count). The van der Waals surface area contributed by atoms with E-state index in [1.807, 2.05) is 18.2 Å². The average molecular weight is 409 g/mol. The lowest BCUT2D eigenvalue weighted by Crippen LogP contribution is -2.30. The van der Waals surface area contributed by atoms with Crippen LogP contribution in [0.5, 0.6) is 0 Å². The quantitative estimate of drug-likeness (QED) is 0.513. The van der Waals surface area contributed by atoms with Gasteiger partial charge in [-0.25, -0.2) is 9.48 Å². The Kier molecular flexibility index (Phi) is 4.82. The van der Waals surface area contributed by atoms with E-state index in [0.29, 0.717) is 27.5 Å². The van der Waals surface area contributed by atoms with Crippen LogP contribution in [0.1, 0.15) is 16.8 Å². The normalized spacial score (nSPS) is 15.2. The summed E-state index contributed by atoms with van der Waals surface area (Å²) in [6, 6.07) is 15.5. The lowest BCUT2D eigenvalue weighted by Gasteiger charge is -2.12. The third kappa shape index (κ3) is 3.48. The van der Waals surface area contributed by atoms with Gasteiger partial charge in [0.2, 0.25) is 0 Å². The molecule has 29 heavy (non-hydrogen) atoms. The van der Waals surface area contributed by atoms with Gasteiger partial charge in [0.25, 0.3) is 11.5 Å². The van der Waals surface area contributed by atoms with E-state index in [9.17, 15) is 14.4 Å². The molecule has 8 heteroatoms. The Morgan fingerprint density at radius 2 is 1.69 bits per heavy atom. The highest BCUT2D eigenvalue weighted by Crippen LogP contribution is 2.21. The zero-order chi connectivity index (χ0) is 20.5. The number of H-pyrrole nitrogens is 1. The van der Waals surface area contributed by atoms with Crippen molar-refractivity contribution in [2.45, 2.75) is 13.5 Å². The van der Waals surface area contributed by atoms with Crippen LogP contribution < -0.4 is 10.9 Å². The number of aromatic nitrogens is 2. The van der Waals surface area contributed by atoms with Crippen molar-refractivity contribution >= 4 is 29.6 Å². The zero-order valence-electron chi connectivity index (χ0n) is 15.5. The van der Waals surface area contributed by atoms with Crippen LogP contribution >= 0.6 is 11.6 Å². The standard InChI is InChI=1S/C21H17ClN4O3/c1-13-16(19(27)26(24-13)15-8-3-2-4-9-15)11-18-20(28)25(21(29)23-18)12-14-7-5-6-10-17(14)22/h2-11,24H,12H2,1H3,(H,23,29)/b18-11-. The van der Waals surface area contributed by atoms with E-state index in [4.69, 9.17) is 11.6 Å². The molecule has 0 unspecified atom stereocenters. The number of amides is 3. The fourth-order valence-electron chi connectivity index (χ4n) is 3.14. The monoisotopic (exact) mass is 408 g/mol. The van der Waals surface area contributed by atoms with Crippen LogP contribution in [0, 0.1) is 6.92 Å². The molecule has 1 saturated heterocycles. The lowest BCUT2D eigenvalue weighted by molar-refractivity contribution is -0.123. The molecule has 3 aromatic rings. The molecular weight excluding hydrogens is 392 g/mol. The third-order valence-electron chi connectivity index (χ3n) is 4.67. The number of aromatic amines is 1. The maximum atomic E-state index is 12.8. The van der Waals surface area contributed by atoms with Crippen molar-refractivity contribution in [1.82, 2.24) is 20.0 Å².